The van der Waals surface area contributed by atoms with Crippen LogP contribution in [-0.4, -0.2) is 39.8 Å². The van der Waals surface area contributed by atoms with Crippen molar-refractivity contribution in [3.63, 3.8) is 0 Å². The van der Waals surface area contributed by atoms with Crippen LogP contribution in [0.1, 0.15) is 16.8 Å². The van der Waals surface area contributed by atoms with Gasteiger partial charge in [-0.2, -0.15) is 5.10 Å². The third kappa shape index (κ3) is 3.51. The summed E-state index contributed by atoms with van der Waals surface area (Å²) >= 11 is 0. The van der Waals surface area contributed by atoms with Gasteiger partial charge in [-0.15, -0.1) is 0 Å². The standard InChI is InChI=1S/C19H17F2N5O/c20-16-5-2-6-17(21)18(16)25-8-7-14(10-25)24-19(27)13-3-1-4-15(9-13)26-12-22-11-23-26/h1-6,9,11-12,14H,7-8,10H2,(H,24,27)/t14-/m1/s1. The molecule has 2 aromatic carbocycles. The normalized spacial score (nSPS) is 16.5. The zero-order valence-electron chi connectivity index (χ0n) is 14.3. The van der Waals surface area contributed by atoms with Crippen LogP contribution in [0.2, 0.25) is 0 Å². The Kier molecular flexibility index (Phi) is 4.53. The summed E-state index contributed by atoms with van der Waals surface area (Å²) in [5.41, 5.74) is 1.17. The summed E-state index contributed by atoms with van der Waals surface area (Å²) in [6, 6.07) is 10.6. The van der Waals surface area contributed by atoms with Gasteiger partial charge in [0.15, 0.2) is 0 Å². The maximum absolute atomic E-state index is 14.0. The molecule has 0 spiro atoms. The predicted molar refractivity (Wildman–Crippen MR) is 95.8 cm³/mol. The van der Waals surface area contributed by atoms with Crippen molar-refractivity contribution < 1.29 is 13.6 Å². The molecule has 2 heterocycles. The Morgan fingerprint density at radius 2 is 1.93 bits per heavy atom. The fourth-order valence-corrected chi connectivity index (χ4v) is 3.27. The molecule has 138 valence electrons. The monoisotopic (exact) mass is 369 g/mol. The van der Waals surface area contributed by atoms with Crippen LogP contribution in [0.5, 0.6) is 0 Å². The van der Waals surface area contributed by atoms with Gasteiger partial charge >= 0.3 is 0 Å². The molecule has 1 atom stereocenters. The second kappa shape index (κ2) is 7.14. The Hall–Kier alpha value is -3.29. The van der Waals surface area contributed by atoms with Crippen molar-refractivity contribution in [2.45, 2.75) is 12.5 Å². The van der Waals surface area contributed by atoms with Gasteiger partial charge in [-0.25, -0.2) is 18.4 Å². The largest absolute Gasteiger partial charge is 0.365 e. The summed E-state index contributed by atoms with van der Waals surface area (Å²) in [6.07, 6.45) is 3.58. The number of rotatable bonds is 4. The summed E-state index contributed by atoms with van der Waals surface area (Å²) < 4.78 is 29.5. The fraction of sp³-hybridized carbons (Fsp3) is 0.211. The number of nitrogens with one attached hydrogen (secondary N) is 1. The van der Waals surface area contributed by atoms with Crippen LogP contribution >= 0.6 is 0 Å². The highest BCUT2D eigenvalue weighted by Gasteiger charge is 2.28. The molecular formula is C19H17F2N5O. The maximum atomic E-state index is 14.0. The molecule has 1 saturated heterocycles. The van der Waals surface area contributed by atoms with E-state index >= 15 is 0 Å². The average Bonchev–Trinajstić information content (AvgIpc) is 3.34. The first-order valence-corrected chi connectivity index (χ1v) is 8.57. The summed E-state index contributed by atoms with van der Waals surface area (Å²) in [6.45, 7) is 0.828. The van der Waals surface area contributed by atoms with E-state index in [1.54, 1.807) is 34.1 Å². The molecule has 1 amide bonds. The lowest BCUT2D eigenvalue weighted by Crippen LogP contribution is -2.37. The molecule has 0 aliphatic carbocycles. The number of benzene rings is 2. The van der Waals surface area contributed by atoms with E-state index in [9.17, 15) is 13.6 Å². The lowest BCUT2D eigenvalue weighted by Gasteiger charge is -2.20. The Balaban J connectivity index is 1.45. The number of hydrogen-bond acceptors (Lipinski definition) is 4. The third-order valence-electron chi connectivity index (χ3n) is 4.57. The highest BCUT2D eigenvalue weighted by molar-refractivity contribution is 5.95. The molecule has 0 unspecified atom stereocenters. The van der Waals surface area contributed by atoms with E-state index in [4.69, 9.17) is 0 Å². The van der Waals surface area contributed by atoms with E-state index in [1.165, 1.54) is 24.5 Å². The number of carbonyl (C=O) groups is 1. The van der Waals surface area contributed by atoms with Gasteiger partial charge < -0.3 is 10.2 Å². The minimum absolute atomic E-state index is 0.0394. The first kappa shape index (κ1) is 17.1. The minimum atomic E-state index is -0.595. The zero-order chi connectivity index (χ0) is 18.8. The van der Waals surface area contributed by atoms with Gasteiger partial charge in [-0.3, -0.25) is 4.79 Å². The van der Waals surface area contributed by atoms with Gasteiger partial charge in [0.05, 0.1) is 5.69 Å². The molecular weight excluding hydrogens is 352 g/mol. The number of amides is 1. The highest BCUT2D eigenvalue weighted by Crippen LogP contribution is 2.26. The van der Waals surface area contributed by atoms with Crippen molar-refractivity contribution in [1.29, 1.82) is 0 Å². The first-order chi connectivity index (χ1) is 13.1. The molecule has 1 N–H and O–H groups in total. The van der Waals surface area contributed by atoms with Crippen molar-refractivity contribution in [2.75, 3.05) is 18.0 Å². The van der Waals surface area contributed by atoms with E-state index in [2.05, 4.69) is 15.4 Å². The number of nitrogens with zero attached hydrogens (tertiary/aromatic N) is 4. The van der Waals surface area contributed by atoms with Gasteiger partial charge in [0.25, 0.3) is 5.91 Å². The first-order valence-electron chi connectivity index (χ1n) is 8.57. The molecule has 8 heteroatoms. The van der Waals surface area contributed by atoms with Crippen LogP contribution in [0, 0.1) is 11.6 Å². The summed E-state index contributed by atoms with van der Waals surface area (Å²) in [4.78, 5) is 18.1. The van der Waals surface area contributed by atoms with E-state index in [0.29, 0.717) is 25.1 Å². The predicted octanol–water partition coefficient (Wildman–Crippen LogP) is 2.55. The third-order valence-corrected chi connectivity index (χ3v) is 4.57. The lowest BCUT2D eigenvalue weighted by molar-refractivity contribution is 0.0940. The quantitative estimate of drug-likeness (QED) is 0.768. The topological polar surface area (TPSA) is 63.1 Å². The molecule has 1 aliphatic rings. The summed E-state index contributed by atoms with van der Waals surface area (Å²) in [5, 5.41) is 6.98. The van der Waals surface area contributed by atoms with Crippen LogP contribution < -0.4 is 10.2 Å². The Labute approximate surface area is 154 Å². The minimum Gasteiger partial charge on any atom is -0.365 e. The van der Waals surface area contributed by atoms with E-state index < -0.39 is 11.6 Å². The van der Waals surface area contributed by atoms with E-state index in [0.717, 1.165) is 5.69 Å². The van der Waals surface area contributed by atoms with Crippen LogP contribution in [0.15, 0.2) is 55.1 Å². The Morgan fingerprint density at radius 1 is 1.15 bits per heavy atom. The molecule has 1 fully saturated rings. The van der Waals surface area contributed by atoms with Gasteiger partial charge in [-0.1, -0.05) is 12.1 Å². The molecule has 0 saturated carbocycles. The van der Waals surface area contributed by atoms with Crippen LogP contribution in [0.25, 0.3) is 5.69 Å². The molecule has 3 aromatic rings. The Bertz CT molecular complexity index is 940. The Morgan fingerprint density at radius 3 is 2.67 bits per heavy atom. The molecule has 6 nitrogen and oxygen atoms in total. The molecule has 1 aromatic heterocycles. The number of hydrogen-bond donors (Lipinski definition) is 1. The summed E-state index contributed by atoms with van der Waals surface area (Å²) in [7, 11) is 0. The van der Waals surface area contributed by atoms with Crippen LogP contribution in [-0.2, 0) is 0 Å². The molecule has 0 radical (unpaired) electrons. The average molecular weight is 369 g/mol. The lowest BCUT2D eigenvalue weighted by atomic mass is 10.1. The number of carbonyl (C=O) groups excluding carboxylic acids is 1. The number of aromatic nitrogens is 3. The number of para-hydroxylation sites is 1. The van der Waals surface area contributed by atoms with E-state index in [1.807, 2.05) is 6.07 Å². The van der Waals surface area contributed by atoms with Gasteiger partial charge in [0.2, 0.25) is 0 Å². The second-order valence-corrected chi connectivity index (χ2v) is 6.37. The van der Waals surface area contributed by atoms with E-state index in [-0.39, 0.29) is 17.6 Å². The number of anilines is 1. The van der Waals surface area contributed by atoms with Crippen LogP contribution in [0.4, 0.5) is 14.5 Å². The molecule has 1 aliphatic heterocycles. The van der Waals surface area contributed by atoms with Crippen molar-refractivity contribution in [2.24, 2.45) is 0 Å². The van der Waals surface area contributed by atoms with Crippen molar-refractivity contribution in [3.05, 3.63) is 72.3 Å². The van der Waals surface area contributed by atoms with Crippen molar-refractivity contribution >= 4 is 11.6 Å². The van der Waals surface area contributed by atoms with Gasteiger partial charge in [0.1, 0.15) is 30.0 Å². The van der Waals surface area contributed by atoms with Crippen molar-refractivity contribution in [3.8, 4) is 5.69 Å². The van der Waals surface area contributed by atoms with Crippen molar-refractivity contribution in [1.82, 2.24) is 20.1 Å². The van der Waals surface area contributed by atoms with Gasteiger partial charge in [-0.05, 0) is 36.8 Å². The zero-order valence-corrected chi connectivity index (χ0v) is 14.3. The molecule has 27 heavy (non-hydrogen) atoms. The number of halogens is 2. The fourth-order valence-electron chi connectivity index (χ4n) is 3.27. The smallest absolute Gasteiger partial charge is 0.251 e. The summed E-state index contributed by atoms with van der Waals surface area (Å²) in [5.74, 6) is -1.43. The van der Waals surface area contributed by atoms with Gasteiger partial charge in [0, 0.05) is 24.7 Å². The second-order valence-electron chi connectivity index (χ2n) is 6.37. The highest BCUT2D eigenvalue weighted by atomic mass is 19.1. The SMILES string of the molecule is O=C(N[C@@H]1CCN(c2c(F)cccc2F)C1)c1cccc(-n2cncn2)c1. The maximum Gasteiger partial charge on any atom is 0.251 e. The molecule has 4 rings (SSSR count). The van der Waals surface area contributed by atoms with Crippen LogP contribution in [0.3, 0.4) is 0 Å². The molecule has 0 bridgehead atoms.